The summed E-state index contributed by atoms with van der Waals surface area (Å²) in [6.45, 7) is 4.38. The van der Waals surface area contributed by atoms with Crippen LogP contribution in [0, 0.1) is 5.82 Å². The van der Waals surface area contributed by atoms with Gasteiger partial charge in [0.25, 0.3) is 0 Å². The number of para-hydroxylation sites is 1. The first-order chi connectivity index (χ1) is 9.13. The van der Waals surface area contributed by atoms with Crippen LogP contribution in [0.25, 0.3) is 0 Å². The van der Waals surface area contributed by atoms with Crippen molar-refractivity contribution >= 4 is 11.5 Å². The zero-order chi connectivity index (χ0) is 13.8. The molecule has 0 atom stereocenters. The summed E-state index contributed by atoms with van der Waals surface area (Å²) in [5.74, 6) is 0.202. The number of nitrogens with zero attached hydrogens (tertiary/aromatic N) is 1. The van der Waals surface area contributed by atoms with Crippen molar-refractivity contribution < 1.29 is 13.6 Å². The molecule has 1 aromatic heterocycles. The maximum absolute atomic E-state index is 14.1. The number of Topliss-reactive ketones (excluding diaryl/α,β-unsaturated/α-hetero) is 1. The Hall–Kier alpha value is -2.10. The molecule has 0 unspecified atom stereocenters. The minimum atomic E-state index is -0.388. The summed E-state index contributed by atoms with van der Waals surface area (Å²) < 4.78 is 19.3. The molecule has 0 fully saturated rings. The second kappa shape index (κ2) is 5.69. The molecule has 0 N–H and O–H groups in total. The number of hydrogen-bond donors (Lipinski definition) is 0. The maximum Gasteiger partial charge on any atom is 0.161 e. The van der Waals surface area contributed by atoms with Crippen LogP contribution in [0.15, 0.2) is 41.0 Å². The van der Waals surface area contributed by atoms with Crippen LogP contribution < -0.4 is 4.90 Å². The van der Waals surface area contributed by atoms with Gasteiger partial charge in [-0.1, -0.05) is 6.07 Å². The van der Waals surface area contributed by atoms with Crippen molar-refractivity contribution in [2.75, 3.05) is 11.4 Å². The summed E-state index contributed by atoms with van der Waals surface area (Å²) in [4.78, 5) is 13.4. The normalized spacial score (nSPS) is 10.5. The number of carbonyl (C=O) groups is 1. The third-order valence-corrected chi connectivity index (χ3v) is 2.99. The summed E-state index contributed by atoms with van der Waals surface area (Å²) >= 11 is 0. The van der Waals surface area contributed by atoms with Crippen LogP contribution in [-0.4, -0.2) is 12.3 Å². The minimum Gasteiger partial charge on any atom is -0.467 e. The molecule has 0 saturated carbocycles. The molecule has 0 aliphatic heterocycles. The van der Waals surface area contributed by atoms with Gasteiger partial charge in [0.1, 0.15) is 11.6 Å². The molecular formula is C15H16FNO2. The Labute approximate surface area is 111 Å². The lowest BCUT2D eigenvalue weighted by molar-refractivity contribution is 0.101. The highest BCUT2D eigenvalue weighted by atomic mass is 19.1. The zero-order valence-corrected chi connectivity index (χ0v) is 11.0. The highest BCUT2D eigenvalue weighted by Crippen LogP contribution is 2.26. The predicted molar refractivity (Wildman–Crippen MR) is 71.8 cm³/mol. The number of hydrogen-bond acceptors (Lipinski definition) is 3. The molecule has 100 valence electrons. The Morgan fingerprint density at radius 3 is 2.68 bits per heavy atom. The summed E-state index contributed by atoms with van der Waals surface area (Å²) in [7, 11) is 0. The Bertz CT molecular complexity index is 564. The fourth-order valence-corrected chi connectivity index (χ4v) is 2.06. The van der Waals surface area contributed by atoms with Gasteiger partial charge in [-0.2, -0.15) is 0 Å². The van der Waals surface area contributed by atoms with E-state index < -0.39 is 0 Å². The van der Waals surface area contributed by atoms with E-state index in [2.05, 4.69) is 0 Å². The van der Waals surface area contributed by atoms with E-state index in [0.717, 1.165) is 5.76 Å². The van der Waals surface area contributed by atoms with Gasteiger partial charge >= 0.3 is 0 Å². The van der Waals surface area contributed by atoms with Gasteiger partial charge in [0.2, 0.25) is 0 Å². The molecule has 3 nitrogen and oxygen atoms in total. The standard InChI is InChI=1S/C15H16FNO2/c1-3-17(10-12-6-5-9-19-12)15-13(11(2)18)7-4-8-14(15)16/h4-9H,3,10H2,1-2H3. The first-order valence-electron chi connectivity index (χ1n) is 6.20. The van der Waals surface area contributed by atoms with Gasteiger partial charge in [-0.05, 0) is 38.1 Å². The highest BCUT2D eigenvalue weighted by molar-refractivity contribution is 5.99. The second-order valence-electron chi connectivity index (χ2n) is 4.29. The third-order valence-electron chi connectivity index (χ3n) is 2.99. The molecule has 19 heavy (non-hydrogen) atoms. The number of anilines is 1. The fourth-order valence-electron chi connectivity index (χ4n) is 2.06. The summed E-state index contributed by atoms with van der Waals surface area (Å²) in [5, 5.41) is 0. The van der Waals surface area contributed by atoms with Gasteiger partial charge < -0.3 is 9.32 Å². The van der Waals surface area contributed by atoms with Gasteiger partial charge in [0.05, 0.1) is 18.5 Å². The summed E-state index contributed by atoms with van der Waals surface area (Å²) in [6.07, 6.45) is 1.58. The van der Waals surface area contributed by atoms with Crippen molar-refractivity contribution in [1.29, 1.82) is 0 Å². The first-order valence-corrected chi connectivity index (χ1v) is 6.20. The topological polar surface area (TPSA) is 33.5 Å². The smallest absolute Gasteiger partial charge is 0.161 e. The molecule has 1 heterocycles. The van der Waals surface area contributed by atoms with Gasteiger partial charge in [-0.25, -0.2) is 4.39 Å². The van der Waals surface area contributed by atoms with Crippen LogP contribution in [0.2, 0.25) is 0 Å². The number of carbonyl (C=O) groups excluding carboxylic acids is 1. The number of ketones is 1. The molecule has 2 rings (SSSR count). The molecule has 0 spiro atoms. The molecular weight excluding hydrogens is 245 g/mol. The van der Waals surface area contributed by atoms with Crippen LogP contribution in [0.5, 0.6) is 0 Å². The molecule has 4 heteroatoms. The van der Waals surface area contributed by atoms with E-state index in [-0.39, 0.29) is 11.6 Å². The molecule has 0 radical (unpaired) electrons. The lowest BCUT2D eigenvalue weighted by Crippen LogP contribution is -2.25. The summed E-state index contributed by atoms with van der Waals surface area (Å²) in [6, 6.07) is 8.18. The van der Waals surface area contributed by atoms with Crippen molar-refractivity contribution in [2.24, 2.45) is 0 Å². The minimum absolute atomic E-state index is 0.146. The molecule has 0 amide bonds. The van der Waals surface area contributed by atoms with Crippen molar-refractivity contribution in [2.45, 2.75) is 20.4 Å². The number of halogens is 1. The average molecular weight is 261 g/mol. The maximum atomic E-state index is 14.1. The number of rotatable bonds is 5. The van der Waals surface area contributed by atoms with E-state index in [1.54, 1.807) is 29.4 Å². The van der Waals surface area contributed by atoms with E-state index in [1.807, 2.05) is 13.0 Å². The largest absolute Gasteiger partial charge is 0.467 e. The lowest BCUT2D eigenvalue weighted by Gasteiger charge is -2.24. The quantitative estimate of drug-likeness (QED) is 0.770. The Morgan fingerprint density at radius 2 is 2.11 bits per heavy atom. The van der Waals surface area contributed by atoms with Gasteiger partial charge in [-0.3, -0.25) is 4.79 Å². The molecule has 2 aromatic rings. The molecule has 0 aliphatic carbocycles. The lowest BCUT2D eigenvalue weighted by atomic mass is 10.1. The van der Waals surface area contributed by atoms with Crippen LogP contribution in [0.4, 0.5) is 10.1 Å². The summed E-state index contributed by atoms with van der Waals surface area (Å²) in [5.41, 5.74) is 0.738. The Kier molecular flexibility index (Phi) is 4.00. The second-order valence-corrected chi connectivity index (χ2v) is 4.29. The third kappa shape index (κ3) is 2.84. The zero-order valence-electron chi connectivity index (χ0n) is 11.0. The number of benzene rings is 1. The van der Waals surface area contributed by atoms with Gasteiger partial charge in [0, 0.05) is 12.1 Å². The van der Waals surface area contributed by atoms with E-state index in [9.17, 15) is 9.18 Å². The van der Waals surface area contributed by atoms with E-state index in [1.165, 1.54) is 13.0 Å². The van der Waals surface area contributed by atoms with Crippen LogP contribution in [-0.2, 0) is 6.54 Å². The van der Waals surface area contributed by atoms with Gasteiger partial charge in [0.15, 0.2) is 5.78 Å². The highest BCUT2D eigenvalue weighted by Gasteiger charge is 2.18. The molecule has 1 aromatic carbocycles. The van der Waals surface area contributed by atoms with E-state index in [0.29, 0.717) is 24.3 Å². The first kappa shape index (κ1) is 13.3. The Balaban J connectivity index is 2.40. The van der Waals surface area contributed by atoms with Crippen molar-refractivity contribution in [3.8, 4) is 0 Å². The van der Waals surface area contributed by atoms with E-state index in [4.69, 9.17) is 4.42 Å². The van der Waals surface area contributed by atoms with Crippen LogP contribution in [0.1, 0.15) is 30.0 Å². The SMILES string of the molecule is CCN(Cc1ccco1)c1c(F)cccc1C(C)=O. The Morgan fingerprint density at radius 1 is 1.32 bits per heavy atom. The van der Waals surface area contributed by atoms with Crippen molar-refractivity contribution in [1.82, 2.24) is 0 Å². The fraction of sp³-hybridized carbons (Fsp3) is 0.267. The van der Waals surface area contributed by atoms with Crippen molar-refractivity contribution in [3.05, 3.63) is 53.7 Å². The molecule has 0 aliphatic rings. The van der Waals surface area contributed by atoms with Crippen LogP contribution >= 0.6 is 0 Å². The van der Waals surface area contributed by atoms with Crippen molar-refractivity contribution in [3.63, 3.8) is 0 Å². The van der Waals surface area contributed by atoms with E-state index >= 15 is 0 Å². The predicted octanol–water partition coefficient (Wildman–Crippen LogP) is 3.65. The molecule has 0 bridgehead atoms. The monoisotopic (exact) mass is 261 g/mol. The van der Waals surface area contributed by atoms with Crippen LogP contribution in [0.3, 0.4) is 0 Å². The molecule has 0 saturated heterocycles. The van der Waals surface area contributed by atoms with Gasteiger partial charge in [-0.15, -0.1) is 0 Å². The average Bonchev–Trinajstić information content (AvgIpc) is 2.89. The number of furan rings is 1.